The predicted molar refractivity (Wildman–Crippen MR) is 116 cm³/mol. The van der Waals surface area contributed by atoms with Crippen molar-refractivity contribution in [3.8, 4) is 10.4 Å². The summed E-state index contributed by atoms with van der Waals surface area (Å²) in [6.07, 6.45) is 3.41. The van der Waals surface area contributed by atoms with Gasteiger partial charge in [0.15, 0.2) is 0 Å². The van der Waals surface area contributed by atoms with E-state index in [9.17, 15) is 18.3 Å². The molecule has 1 saturated heterocycles. The number of likely N-dealkylation sites (tertiary alicyclic amines) is 1. The van der Waals surface area contributed by atoms with Crippen LogP contribution >= 0.6 is 11.3 Å². The highest BCUT2D eigenvalue weighted by Crippen LogP contribution is 2.32. The van der Waals surface area contributed by atoms with E-state index in [2.05, 4.69) is 14.6 Å². The first-order chi connectivity index (χ1) is 13.9. The van der Waals surface area contributed by atoms with Crippen LogP contribution in [0.3, 0.4) is 0 Å². The van der Waals surface area contributed by atoms with Crippen LogP contribution in [0.4, 0.5) is 0 Å². The van der Waals surface area contributed by atoms with Gasteiger partial charge in [-0.3, -0.25) is 9.69 Å². The van der Waals surface area contributed by atoms with Crippen molar-refractivity contribution < 1.29 is 13.5 Å². The van der Waals surface area contributed by atoms with Gasteiger partial charge in [0.1, 0.15) is 4.21 Å². The molecule has 0 saturated carbocycles. The fourth-order valence-electron chi connectivity index (χ4n) is 3.75. The summed E-state index contributed by atoms with van der Waals surface area (Å²) in [6, 6.07) is 5.45. The van der Waals surface area contributed by atoms with E-state index in [1.807, 2.05) is 19.9 Å². The highest BCUT2D eigenvalue weighted by Gasteiger charge is 2.23. The number of hydrogen-bond acceptors (Lipinski definition) is 6. The Balaban J connectivity index is 1.64. The maximum atomic E-state index is 12.6. The number of aryl methyl sites for hydroxylation is 2. The summed E-state index contributed by atoms with van der Waals surface area (Å²) in [4.78, 5) is 17.8. The average molecular weight is 440 g/mol. The lowest BCUT2D eigenvalue weighted by atomic mass is 10.1. The molecule has 7 nitrogen and oxygen atoms in total. The van der Waals surface area contributed by atoms with Gasteiger partial charge in [0.2, 0.25) is 10.0 Å². The van der Waals surface area contributed by atoms with E-state index in [-0.39, 0.29) is 22.4 Å². The molecule has 0 radical (unpaired) electrons. The van der Waals surface area contributed by atoms with Crippen molar-refractivity contribution in [3.63, 3.8) is 0 Å². The molecule has 160 valence electrons. The summed E-state index contributed by atoms with van der Waals surface area (Å²) >= 11 is 1.20. The average Bonchev–Trinajstić information content (AvgIpc) is 3.35. The minimum atomic E-state index is -3.57. The molecule has 3 N–H and O–H groups in total. The van der Waals surface area contributed by atoms with E-state index in [0.717, 1.165) is 42.1 Å². The highest BCUT2D eigenvalue weighted by molar-refractivity contribution is 7.91. The Hall–Kier alpha value is -1.52. The van der Waals surface area contributed by atoms with Gasteiger partial charge in [0, 0.05) is 34.3 Å². The number of aliphatic hydroxyl groups excluding tert-OH is 1. The third kappa shape index (κ3) is 5.16. The summed E-state index contributed by atoms with van der Waals surface area (Å²) in [6.45, 7) is 6.00. The molecule has 1 aliphatic rings. The van der Waals surface area contributed by atoms with Crippen LogP contribution in [0.25, 0.3) is 10.4 Å². The van der Waals surface area contributed by atoms with Crippen molar-refractivity contribution in [2.45, 2.75) is 49.8 Å². The Morgan fingerprint density at radius 3 is 2.90 bits per heavy atom. The summed E-state index contributed by atoms with van der Waals surface area (Å²) in [7, 11) is -3.57. The number of nitrogens with one attached hydrogen (secondary N) is 2. The zero-order chi connectivity index (χ0) is 21.0. The number of H-pyrrole nitrogens is 1. The number of sulfonamides is 1. The fourth-order valence-corrected chi connectivity index (χ4v) is 6.25. The molecule has 9 heteroatoms. The van der Waals surface area contributed by atoms with Crippen molar-refractivity contribution in [1.82, 2.24) is 14.6 Å². The number of hydrogen-bond donors (Lipinski definition) is 3. The van der Waals surface area contributed by atoms with Crippen LogP contribution in [0.2, 0.25) is 0 Å². The third-order valence-corrected chi connectivity index (χ3v) is 8.50. The molecule has 1 aliphatic heterocycles. The van der Waals surface area contributed by atoms with Crippen molar-refractivity contribution in [3.05, 3.63) is 39.8 Å². The zero-order valence-electron chi connectivity index (χ0n) is 16.9. The van der Waals surface area contributed by atoms with Gasteiger partial charge in [-0.2, -0.15) is 0 Å². The van der Waals surface area contributed by atoms with Gasteiger partial charge in [0.25, 0.3) is 5.56 Å². The van der Waals surface area contributed by atoms with Crippen molar-refractivity contribution in [1.29, 1.82) is 0 Å². The number of aromatic nitrogens is 1. The van der Waals surface area contributed by atoms with Crippen LogP contribution in [-0.4, -0.2) is 55.7 Å². The first-order valence-electron chi connectivity index (χ1n) is 10.0. The minimum Gasteiger partial charge on any atom is -0.395 e. The molecule has 1 atom stereocenters. The van der Waals surface area contributed by atoms with Crippen LogP contribution in [-0.2, 0) is 16.4 Å². The Kier molecular flexibility index (Phi) is 7.28. The molecular weight excluding hydrogens is 410 g/mol. The Labute approximate surface area is 175 Å². The molecule has 1 fully saturated rings. The first kappa shape index (κ1) is 22.2. The van der Waals surface area contributed by atoms with Crippen LogP contribution in [0.15, 0.2) is 27.2 Å². The molecule has 0 aromatic carbocycles. The smallest absolute Gasteiger partial charge is 0.251 e. The minimum absolute atomic E-state index is 0.0961. The third-order valence-electron chi connectivity index (χ3n) is 5.43. The Bertz CT molecular complexity index is 997. The largest absolute Gasteiger partial charge is 0.395 e. The molecule has 3 heterocycles. The number of rotatable bonds is 9. The van der Waals surface area contributed by atoms with Gasteiger partial charge in [-0.1, -0.05) is 6.92 Å². The lowest BCUT2D eigenvalue weighted by Crippen LogP contribution is -2.35. The van der Waals surface area contributed by atoms with E-state index >= 15 is 0 Å². The van der Waals surface area contributed by atoms with Crippen LogP contribution in [0.5, 0.6) is 0 Å². The Morgan fingerprint density at radius 2 is 2.17 bits per heavy atom. The summed E-state index contributed by atoms with van der Waals surface area (Å²) in [5, 5.41) is 9.36. The summed E-state index contributed by atoms with van der Waals surface area (Å²) < 4.78 is 28.2. The van der Waals surface area contributed by atoms with Gasteiger partial charge in [-0.05, 0) is 63.9 Å². The van der Waals surface area contributed by atoms with E-state index in [0.29, 0.717) is 24.9 Å². The molecule has 2 aromatic rings. The van der Waals surface area contributed by atoms with Gasteiger partial charge in [0.05, 0.1) is 6.61 Å². The number of aliphatic hydroxyl groups is 1. The number of pyridine rings is 1. The molecule has 0 unspecified atom stereocenters. The number of thiophene rings is 1. The van der Waals surface area contributed by atoms with E-state index < -0.39 is 10.0 Å². The van der Waals surface area contributed by atoms with Gasteiger partial charge in [-0.25, -0.2) is 13.1 Å². The molecule has 29 heavy (non-hydrogen) atoms. The lowest BCUT2D eigenvalue weighted by Gasteiger charge is -2.22. The standard InChI is InChI=1S/C20H29N3O4S2/c1-3-15-12-17(14(2)22-20(15)25)18-7-8-19(28-18)29(26,27)21-9-5-11-23-10-4-6-16(23)13-24/h7-8,12,16,21,24H,3-6,9-11,13H2,1-2H3,(H,22,25)/t16-/m1/s1. The van der Waals surface area contributed by atoms with Crippen LogP contribution < -0.4 is 10.3 Å². The normalized spacial score (nSPS) is 17.8. The topological polar surface area (TPSA) is 102 Å². The quantitative estimate of drug-likeness (QED) is 0.519. The van der Waals surface area contributed by atoms with Crippen molar-refractivity contribution >= 4 is 21.4 Å². The Morgan fingerprint density at radius 1 is 1.38 bits per heavy atom. The molecule has 3 rings (SSSR count). The summed E-state index contributed by atoms with van der Waals surface area (Å²) in [5.74, 6) is 0. The molecule has 2 aromatic heterocycles. The molecule has 0 amide bonds. The zero-order valence-corrected chi connectivity index (χ0v) is 18.5. The second-order valence-electron chi connectivity index (χ2n) is 7.40. The number of aromatic amines is 1. The number of nitrogens with zero attached hydrogens (tertiary/aromatic N) is 1. The van der Waals surface area contributed by atoms with Crippen LogP contribution in [0.1, 0.15) is 37.4 Å². The maximum absolute atomic E-state index is 12.6. The van der Waals surface area contributed by atoms with Crippen molar-refractivity contribution in [2.75, 3.05) is 26.2 Å². The van der Waals surface area contributed by atoms with E-state index in [4.69, 9.17) is 0 Å². The van der Waals surface area contributed by atoms with Crippen LogP contribution in [0, 0.1) is 6.92 Å². The molecular formula is C20H29N3O4S2. The maximum Gasteiger partial charge on any atom is 0.251 e. The van der Waals surface area contributed by atoms with E-state index in [1.54, 1.807) is 12.1 Å². The lowest BCUT2D eigenvalue weighted by molar-refractivity contribution is 0.158. The monoisotopic (exact) mass is 439 g/mol. The summed E-state index contributed by atoms with van der Waals surface area (Å²) in [5.41, 5.74) is 2.18. The van der Waals surface area contributed by atoms with Gasteiger partial charge >= 0.3 is 0 Å². The van der Waals surface area contributed by atoms with Gasteiger partial charge < -0.3 is 10.1 Å². The van der Waals surface area contributed by atoms with Crippen molar-refractivity contribution in [2.24, 2.45) is 0 Å². The second-order valence-corrected chi connectivity index (χ2v) is 10.5. The van der Waals surface area contributed by atoms with Gasteiger partial charge in [-0.15, -0.1) is 11.3 Å². The molecule has 0 aliphatic carbocycles. The molecule has 0 spiro atoms. The second kappa shape index (κ2) is 9.53. The predicted octanol–water partition coefficient (Wildman–Crippen LogP) is 2.10. The highest BCUT2D eigenvalue weighted by atomic mass is 32.2. The first-order valence-corrected chi connectivity index (χ1v) is 12.3. The SMILES string of the molecule is CCc1cc(-c2ccc(S(=O)(=O)NCCCN3CCC[C@@H]3CO)s2)c(C)[nH]c1=O. The van der Waals surface area contributed by atoms with E-state index in [1.165, 1.54) is 11.3 Å². The molecule has 0 bridgehead atoms. The fraction of sp³-hybridized carbons (Fsp3) is 0.550.